The lowest BCUT2D eigenvalue weighted by molar-refractivity contribution is 0.557. The minimum absolute atomic E-state index is 0.0180. The molecule has 1 nitrogen and oxygen atoms in total. The summed E-state index contributed by atoms with van der Waals surface area (Å²) in [5.74, 6) is -0.363. The van der Waals surface area contributed by atoms with E-state index >= 15 is 0 Å². The number of rotatable bonds is 0. The smallest absolute Gasteiger partial charge is 0.142 e. The number of hydrogen-bond donors (Lipinski definition) is 1. The molecule has 2 rings (SSSR count). The summed E-state index contributed by atoms with van der Waals surface area (Å²) >= 11 is 5.68. The highest BCUT2D eigenvalue weighted by molar-refractivity contribution is 6.30. The molecule has 0 unspecified atom stereocenters. The van der Waals surface area contributed by atoms with E-state index in [9.17, 15) is 4.39 Å². The van der Waals surface area contributed by atoms with Crippen LogP contribution in [-0.2, 0) is 6.42 Å². The van der Waals surface area contributed by atoms with Gasteiger partial charge in [0.1, 0.15) is 5.82 Å². The van der Waals surface area contributed by atoms with Crippen LogP contribution in [0.3, 0.4) is 0 Å². The van der Waals surface area contributed by atoms with Crippen molar-refractivity contribution < 1.29 is 4.39 Å². The van der Waals surface area contributed by atoms with Gasteiger partial charge >= 0.3 is 0 Å². The standard InChI is InChI=1S/C10H11ClFN/c11-8-4-6-2-1-3-10(13)7(6)5-9(8)12/h4-5,10H,1-3,13H2/t10-/m0/s1. The van der Waals surface area contributed by atoms with E-state index in [0.29, 0.717) is 0 Å². The van der Waals surface area contributed by atoms with Crippen LogP contribution in [0.1, 0.15) is 30.0 Å². The van der Waals surface area contributed by atoms with Crippen molar-refractivity contribution in [1.29, 1.82) is 0 Å². The summed E-state index contributed by atoms with van der Waals surface area (Å²) in [4.78, 5) is 0. The quantitative estimate of drug-likeness (QED) is 0.683. The molecule has 0 radical (unpaired) electrons. The van der Waals surface area contributed by atoms with Crippen molar-refractivity contribution in [2.24, 2.45) is 5.73 Å². The first-order valence-corrected chi connectivity index (χ1v) is 4.79. The van der Waals surface area contributed by atoms with Crippen LogP contribution in [0.25, 0.3) is 0 Å². The number of benzene rings is 1. The van der Waals surface area contributed by atoms with Crippen LogP contribution < -0.4 is 5.73 Å². The van der Waals surface area contributed by atoms with E-state index in [-0.39, 0.29) is 16.9 Å². The van der Waals surface area contributed by atoms with Crippen LogP contribution in [0.15, 0.2) is 12.1 Å². The highest BCUT2D eigenvalue weighted by Gasteiger charge is 2.18. The molecule has 2 N–H and O–H groups in total. The highest BCUT2D eigenvalue weighted by atomic mass is 35.5. The summed E-state index contributed by atoms with van der Waals surface area (Å²) in [6.45, 7) is 0. The molecule has 1 aliphatic carbocycles. The summed E-state index contributed by atoms with van der Waals surface area (Å²) in [5.41, 5.74) is 7.88. The second-order valence-corrected chi connectivity index (χ2v) is 3.87. The molecule has 0 fully saturated rings. The Balaban J connectivity index is 2.52. The first kappa shape index (κ1) is 8.97. The Hall–Kier alpha value is -0.600. The first-order chi connectivity index (χ1) is 6.18. The second kappa shape index (κ2) is 3.28. The van der Waals surface area contributed by atoms with Crippen molar-refractivity contribution in [1.82, 2.24) is 0 Å². The molecule has 0 aromatic heterocycles. The van der Waals surface area contributed by atoms with E-state index in [0.717, 1.165) is 30.4 Å². The maximum Gasteiger partial charge on any atom is 0.142 e. The van der Waals surface area contributed by atoms with Gasteiger partial charge in [0, 0.05) is 6.04 Å². The van der Waals surface area contributed by atoms with Gasteiger partial charge in [0.2, 0.25) is 0 Å². The van der Waals surface area contributed by atoms with Crippen LogP contribution in [0, 0.1) is 5.82 Å². The van der Waals surface area contributed by atoms with Gasteiger partial charge in [0.05, 0.1) is 5.02 Å². The zero-order valence-corrected chi connectivity index (χ0v) is 7.94. The van der Waals surface area contributed by atoms with E-state index < -0.39 is 0 Å². The third-order valence-corrected chi connectivity index (χ3v) is 2.83. The Morgan fingerprint density at radius 3 is 3.00 bits per heavy atom. The zero-order chi connectivity index (χ0) is 9.42. The molecule has 0 amide bonds. The SMILES string of the molecule is N[C@H]1CCCc2cc(Cl)c(F)cc21. The molecule has 0 saturated carbocycles. The summed E-state index contributed by atoms with van der Waals surface area (Å²) in [6.07, 6.45) is 2.97. The number of aryl methyl sites for hydroxylation is 1. The van der Waals surface area contributed by atoms with Crippen molar-refractivity contribution >= 4 is 11.6 Å². The fourth-order valence-electron chi connectivity index (χ4n) is 1.83. The first-order valence-electron chi connectivity index (χ1n) is 4.42. The van der Waals surface area contributed by atoms with Gasteiger partial charge in [-0.2, -0.15) is 0 Å². The van der Waals surface area contributed by atoms with E-state index in [1.54, 1.807) is 6.07 Å². The van der Waals surface area contributed by atoms with Crippen molar-refractivity contribution in [3.8, 4) is 0 Å². The number of fused-ring (bicyclic) bond motifs is 1. The molecule has 13 heavy (non-hydrogen) atoms. The van der Waals surface area contributed by atoms with Gasteiger partial charge in [-0.3, -0.25) is 0 Å². The molecular formula is C10H11ClFN. The molecule has 1 aromatic rings. The third kappa shape index (κ3) is 1.56. The molecule has 0 spiro atoms. The minimum atomic E-state index is -0.363. The normalized spacial score (nSPS) is 21.3. The molecule has 0 heterocycles. The molecule has 1 atom stereocenters. The van der Waals surface area contributed by atoms with Crippen LogP contribution in [-0.4, -0.2) is 0 Å². The molecular weight excluding hydrogens is 189 g/mol. The second-order valence-electron chi connectivity index (χ2n) is 3.46. The lowest BCUT2D eigenvalue weighted by atomic mass is 9.88. The maximum atomic E-state index is 13.1. The van der Waals surface area contributed by atoms with Gasteiger partial charge in [-0.25, -0.2) is 4.39 Å². The molecule has 1 aliphatic rings. The maximum absolute atomic E-state index is 13.1. The highest BCUT2D eigenvalue weighted by Crippen LogP contribution is 2.31. The van der Waals surface area contributed by atoms with Crippen molar-refractivity contribution in [2.75, 3.05) is 0 Å². The van der Waals surface area contributed by atoms with E-state index in [1.165, 1.54) is 6.07 Å². The molecule has 0 aliphatic heterocycles. The Morgan fingerprint density at radius 1 is 1.46 bits per heavy atom. The van der Waals surface area contributed by atoms with Gasteiger partial charge in [0.25, 0.3) is 0 Å². The summed E-state index contributed by atoms with van der Waals surface area (Å²) in [7, 11) is 0. The average Bonchev–Trinajstić information content (AvgIpc) is 2.09. The van der Waals surface area contributed by atoms with Crippen LogP contribution >= 0.6 is 11.6 Å². The molecule has 1 aromatic carbocycles. The fourth-order valence-corrected chi connectivity index (χ4v) is 2.02. The zero-order valence-electron chi connectivity index (χ0n) is 7.19. The van der Waals surface area contributed by atoms with Crippen LogP contribution in [0.4, 0.5) is 4.39 Å². The van der Waals surface area contributed by atoms with Gasteiger partial charge in [-0.1, -0.05) is 11.6 Å². The van der Waals surface area contributed by atoms with Gasteiger partial charge in [0.15, 0.2) is 0 Å². The predicted molar refractivity (Wildman–Crippen MR) is 51.3 cm³/mol. The van der Waals surface area contributed by atoms with Crippen molar-refractivity contribution in [3.05, 3.63) is 34.1 Å². The lowest BCUT2D eigenvalue weighted by Crippen LogP contribution is -2.17. The Morgan fingerprint density at radius 2 is 2.23 bits per heavy atom. The van der Waals surface area contributed by atoms with Crippen molar-refractivity contribution in [3.63, 3.8) is 0 Å². The van der Waals surface area contributed by atoms with Gasteiger partial charge in [-0.15, -0.1) is 0 Å². The number of hydrogen-bond acceptors (Lipinski definition) is 1. The van der Waals surface area contributed by atoms with Crippen LogP contribution in [0.5, 0.6) is 0 Å². The third-order valence-electron chi connectivity index (χ3n) is 2.54. The average molecular weight is 200 g/mol. The van der Waals surface area contributed by atoms with Gasteiger partial charge < -0.3 is 5.73 Å². The van der Waals surface area contributed by atoms with E-state index in [4.69, 9.17) is 17.3 Å². The fraction of sp³-hybridized carbons (Fsp3) is 0.400. The summed E-state index contributed by atoms with van der Waals surface area (Å²) in [5, 5.41) is 0.202. The Bertz CT molecular complexity index is 338. The van der Waals surface area contributed by atoms with Crippen molar-refractivity contribution in [2.45, 2.75) is 25.3 Å². The monoisotopic (exact) mass is 199 g/mol. The minimum Gasteiger partial charge on any atom is -0.324 e. The molecule has 70 valence electrons. The Labute approximate surface area is 81.7 Å². The van der Waals surface area contributed by atoms with Crippen LogP contribution in [0.2, 0.25) is 5.02 Å². The topological polar surface area (TPSA) is 26.0 Å². The lowest BCUT2D eigenvalue weighted by Gasteiger charge is -2.22. The number of nitrogens with two attached hydrogens (primary N) is 1. The van der Waals surface area contributed by atoms with E-state index in [2.05, 4.69) is 0 Å². The van der Waals surface area contributed by atoms with Gasteiger partial charge in [-0.05, 0) is 42.5 Å². The molecule has 0 saturated heterocycles. The largest absolute Gasteiger partial charge is 0.324 e. The molecule has 0 bridgehead atoms. The van der Waals surface area contributed by atoms with E-state index in [1.807, 2.05) is 0 Å². The summed E-state index contributed by atoms with van der Waals surface area (Å²) < 4.78 is 13.1. The Kier molecular flexibility index (Phi) is 2.26. The molecule has 3 heteroatoms. The summed E-state index contributed by atoms with van der Waals surface area (Å²) in [6, 6.07) is 3.16. The predicted octanol–water partition coefficient (Wildman–Crippen LogP) is 2.82. The number of halogens is 2.